The first-order chi connectivity index (χ1) is 15.8. The molecule has 2 aromatic carbocycles. The number of benzene rings is 2. The lowest BCUT2D eigenvalue weighted by molar-refractivity contribution is 0.253. The molecule has 0 radical (unpaired) electrons. The van der Waals surface area contributed by atoms with Crippen LogP contribution in [0.4, 0.5) is 0 Å². The quantitative estimate of drug-likeness (QED) is 0.282. The Morgan fingerprint density at radius 1 is 0.688 bits per heavy atom. The molecule has 0 aromatic heterocycles. The first-order valence-electron chi connectivity index (χ1n) is 12.2. The van der Waals surface area contributed by atoms with E-state index in [4.69, 9.17) is 14.6 Å². The molecule has 0 fully saturated rings. The second-order valence-corrected chi connectivity index (χ2v) is 8.19. The highest BCUT2D eigenvalue weighted by atomic mass is 16.5. The van der Waals surface area contributed by atoms with Crippen molar-refractivity contribution in [2.75, 3.05) is 46.5 Å². The van der Waals surface area contributed by atoms with Crippen LogP contribution in [0.3, 0.4) is 0 Å². The van der Waals surface area contributed by atoms with Gasteiger partial charge in [-0.3, -0.25) is 0 Å². The van der Waals surface area contributed by atoms with E-state index in [0.717, 1.165) is 89.1 Å². The molecule has 2 aromatic rings. The van der Waals surface area contributed by atoms with Crippen molar-refractivity contribution in [1.82, 2.24) is 10.6 Å². The zero-order valence-electron chi connectivity index (χ0n) is 19.8. The minimum Gasteiger partial charge on any atom is -0.494 e. The molecule has 0 bridgehead atoms. The zero-order valence-corrected chi connectivity index (χ0v) is 19.8. The Bertz CT molecular complexity index is 724. The fourth-order valence-corrected chi connectivity index (χ4v) is 3.54. The van der Waals surface area contributed by atoms with Gasteiger partial charge in [0.15, 0.2) is 0 Å². The Hall–Kier alpha value is -2.08. The average molecular weight is 443 g/mol. The van der Waals surface area contributed by atoms with Gasteiger partial charge in [0.2, 0.25) is 0 Å². The number of unbranched alkanes of at least 4 members (excludes halogenated alkanes) is 2. The Morgan fingerprint density at radius 3 is 1.84 bits per heavy atom. The Kier molecular flexibility index (Phi) is 14.3. The monoisotopic (exact) mass is 442 g/mol. The number of rotatable bonds is 19. The molecule has 0 aliphatic carbocycles. The lowest BCUT2D eigenvalue weighted by Crippen LogP contribution is -2.17. The van der Waals surface area contributed by atoms with Crippen LogP contribution in [0.25, 0.3) is 0 Å². The zero-order chi connectivity index (χ0) is 22.7. The van der Waals surface area contributed by atoms with Crippen LogP contribution in [0.5, 0.6) is 11.5 Å². The second kappa shape index (κ2) is 17.5. The number of nitrogens with one attached hydrogen (secondary N) is 2. The molecule has 3 N–H and O–H groups in total. The van der Waals surface area contributed by atoms with Gasteiger partial charge in [0.1, 0.15) is 11.5 Å². The number of hydrogen-bond acceptors (Lipinski definition) is 5. The fourth-order valence-electron chi connectivity index (χ4n) is 3.54. The van der Waals surface area contributed by atoms with Crippen LogP contribution in [0.15, 0.2) is 48.5 Å². The van der Waals surface area contributed by atoms with Crippen molar-refractivity contribution >= 4 is 0 Å². The van der Waals surface area contributed by atoms with E-state index in [1.165, 1.54) is 11.1 Å². The maximum absolute atomic E-state index is 8.83. The smallest absolute Gasteiger partial charge is 0.119 e. The maximum atomic E-state index is 8.83. The largest absolute Gasteiger partial charge is 0.494 e. The first kappa shape index (κ1) is 26.2. The van der Waals surface area contributed by atoms with E-state index in [1.54, 1.807) is 0 Å². The Balaban J connectivity index is 1.48. The summed E-state index contributed by atoms with van der Waals surface area (Å²) in [5, 5.41) is 15.6. The van der Waals surface area contributed by atoms with Gasteiger partial charge in [-0.1, -0.05) is 24.3 Å². The number of aryl methyl sites for hydroxylation is 2. The predicted molar refractivity (Wildman–Crippen MR) is 133 cm³/mol. The third kappa shape index (κ3) is 12.1. The molecule has 32 heavy (non-hydrogen) atoms. The van der Waals surface area contributed by atoms with Crippen LogP contribution in [-0.2, 0) is 12.8 Å². The molecular formula is C27H42N2O3. The summed E-state index contributed by atoms with van der Waals surface area (Å²) in [6, 6.07) is 16.8. The molecule has 0 aliphatic heterocycles. The molecule has 0 unspecified atom stereocenters. The molecule has 0 saturated carbocycles. The van der Waals surface area contributed by atoms with Gasteiger partial charge in [-0.15, -0.1) is 0 Å². The van der Waals surface area contributed by atoms with Crippen LogP contribution in [0.2, 0.25) is 0 Å². The molecule has 5 heteroatoms. The van der Waals surface area contributed by atoms with E-state index in [1.807, 2.05) is 13.1 Å². The van der Waals surface area contributed by atoms with Crippen molar-refractivity contribution < 1.29 is 14.6 Å². The number of ether oxygens (including phenoxy) is 2. The summed E-state index contributed by atoms with van der Waals surface area (Å²) in [5.74, 6) is 1.91. The number of aliphatic hydroxyl groups excluding tert-OH is 1. The first-order valence-corrected chi connectivity index (χ1v) is 12.2. The SMILES string of the molecule is CNCCCc1cccc(OCCCCNCCCc2cccc(OCCCCO)c2)c1. The molecule has 5 nitrogen and oxygen atoms in total. The van der Waals surface area contributed by atoms with Crippen LogP contribution in [0.1, 0.15) is 49.7 Å². The maximum Gasteiger partial charge on any atom is 0.119 e. The molecule has 0 spiro atoms. The normalized spacial score (nSPS) is 10.9. The third-order valence-corrected chi connectivity index (χ3v) is 5.35. The van der Waals surface area contributed by atoms with Gasteiger partial charge in [-0.2, -0.15) is 0 Å². The summed E-state index contributed by atoms with van der Waals surface area (Å²) in [5.41, 5.74) is 2.66. The summed E-state index contributed by atoms with van der Waals surface area (Å²) >= 11 is 0. The molecule has 0 aliphatic rings. The molecule has 178 valence electrons. The van der Waals surface area contributed by atoms with E-state index in [0.29, 0.717) is 6.61 Å². The van der Waals surface area contributed by atoms with Gasteiger partial charge >= 0.3 is 0 Å². The minimum absolute atomic E-state index is 0.231. The van der Waals surface area contributed by atoms with Crippen LogP contribution in [-0.4, -0.2) is 51.6 Å². The van der Waals surface area contributed by atoms with Crippen molar-refractivity contribution in [2.45, 2.75) is 51.4 Å². The van der Waals surface area contributed by atoms with Gasteiger partial charge in [0.05, 0.1) is 13.2 Å². The third-order valence-electron chi connectivity index (χ3n) is 5.35. The van der Waals surface area contributed by atoms with Crippen LogP contribution in [0, 0.1) is 0 Å². The number of hydrogen-bond donors (Lipinski definition) is 3. The standard InChI is InChI=1S/C27H42N2O3/c1-28-16-8-12-24-10-6-14-26(22-24)31-20-4-2-17-29-18-9-13-25-11-7-15-27(23-25)32-21-5-3-19-30/h6-7,10-11,14-15,22-23,28-30H,2-5,8-9,12-13,16-21H2,1H3. The van der Waals surface area contributed by atoms with E-state index in [9.17, 15) is 0 Å². The van der Waals surface area contributed by atoms with E-state index in [-0.39, 0.29) is 6.61 Å². The highest BCUT2D eigenvalue weighted by Crippen LogP contribution is 2.16. The predicted octanol–water partition coefficient (Wildman–Crippen LogP) is 4.37. The molecular weight excluding hydrogens is 400 g/mol. The fraction of sp³-hybridized carbons (Fsp3) is 0.556. The highest BCUT2D eigenvalue weighted by molar-refractivity contribution is 5.29. The van der Waals surface area contributed by atoms with Crippen LogP contribution < -0.4 is 20.1 Å². The van der Waals surface area contributed by atoms with Gasteiger partial charge in [0, 0.05) is 6.61 Å². The summed E-state index contributed by atoms with van der Waals surface area (Å²) in [6.45, 7) is 4.77. The van der Waals surface area contributed by atoms with Crippen molar-refractivity contribution in [1.29, 1.82) is 0 Å². The van der Waals surface area contributed by atoms with Gasteiger partial charge < -0.3 is 25.2 Å². The molecule has 0 saturated heterocycles. The van der Waals surface area contributed by atoms with Crippen molar-refractivity contribution in [3.05, 3.63) is 59.7 Å². The van der Waals surface area contributed by atoms with Gasteiger partial charge in [-0.25, -0.2) is 0 Å². The van der Waals surface area contributed by atoms with E-state index < -0.39 is 0 Å². The molecule has 0 atom stereocenters. The summed E-state index contributed by atoms with van der Waals surface area (Å²) in [7, 11) is 1.99. The van der Waals surface area contributed by atoms with Crippen LogP contribution >= 0.6 is 0 Å². The van der Waals surface area contributed by atoms with Crippen molar-refractivity contribution in [2.24, 2.45) is 0 Å². The lowest BCUT2D eigenvalue weighted by Gasteiger charge is -2.09. The van der Waals surface area contributed by atoms with Crippen molar-refractivity contribution in [3.8, 4) is 11.5 Å². The highest BCUT2D eigenvalue weighted by Gasteiger charge is 2.00. The van der Waals surface area contributed by atoms with Crippen molar-refractivity contribution in [3.63, 3.8) is 0 Å². The lowest BCUT2D eigenvalue weighted by atomic mass is 10.1. The Morgan fingerprint density at radius 2 is 1.25 bits per heavy atom. The Labute approximate surface area is 194 Å². The summed E-state index contributed by atoms with van der Waals surface area (Å²) in [6.07, 6.45) is 8.27. The minimum atomic E-state index is 0.231. The molecule has 0 heterocycles. The molecule has 2 rings (SSSR count). The van der Waals surface area contributed by atoms with E-state index in [2.05, 4.69) is 53.1 Å². The van der Waals surface area contributed by atoms with Gasteiger partial charge in [0.25, 0.3) is 0 Å². The molecule has 0 amide bonds. The van der Waals surface area contributed by atoms with Gasteiger partial charge in [-0.05, 0) is 113 Å². The summed E-state index contributed by atoms with van der Waals surface area (Å²) < 4.78 is 11.7. The summed E-state index contributed by atoms with van der Waals surface area (Å²) in [4.78, 5) is 0. The second-order valence-electron chi connectivity index (χ2n) is 8.19. The topological polar surface area (TPSA) is 62.8 Å². The van der Waals surface area contributed by atoms with E-state index >= 15 is 0 Å². The number of aliphatic hydroxyl groups is 1. The average Bonchev–Trinajstić information content (AvgIpc) is 2.81.